The first-order valence-electron chi connectivity index (χ1n) is 6.02. The second-order valence-electron chi connectivity index (χ2n) is 4.24. The van der Waals surface area contributed by atoms with Crippen LogP contribution >= 0.6 is 0 Å². The SMILES string of the molecule is CCOc1ccc(C2=NC(=CN(C)C)C(=O)O2)cc1. The zero-order chi connectivity index (χ0) is 13.8. The number of ether oxygens (including phenoxy) is 2. The quantitative estimate of drug-likeness (QED) is 0.612. The predicted octanol–water partition coefficient (Wildman–Crippen LogP) is 1.79. The standard InChI is InChI=1S/C14H16N2O3/c1-4-18-11-7-5-10(6-8-11)13-15-12(9-16(2)3)14(17)19-13/h5-9H,4H2,1-3H3. The number of hydrogen-bond donors (Lipinski definition) is 0. The van der Waals surface area contributed by atoms with Gasteiger partial charge in [0.05, 0.1) is 6.61 Å². The topological polar surface area (TPSA) is 51.1 Å². The van der Waals surface area contributed by atoms with E-state index in [1.807, 2.05) is 45.3 Å². The molecule has 0 fully saturated rings. The Kier molecular flexibility index (Phi) is 3.85. The minimum Gasteiger partial charge on any atom is -0.494 e. The Labute approximate surface area is 112 Å². The number of rotatable bonds is 4. The van der Waals surface area contributed by atoms with Crippen molar-refractivity contribution in [3.8, 4) is 5.75 Å². The fraction of sp³-hybridized carbons (Fsp3) is 0.286. The van der Waals surface area contributed by atoms with Gasteiger partial charge in [-0.15, -0.1) is 0 Å². The van der Waals surface area contributed by atoms with Gasteiger partial charge in [-0.25, -0.2) is 9.79 Å². The van der Waals surface area contributed by atoms with Crippen LogP contribution in [0.4, 0.5) is 0 Å². The molecule has 1 heterocycles. The highest BCUT2D eigenvalue weighted by molar-refractivity contribution is 6.11. The van der Waals surface area contributed by atoms with Crippen molar-refractivity contribution in [1.29, 1.82) is 0 Å². The molecule has 2 rings (SSSR count). The smallest absolute Gasteiger partial charge is 0.365 e. The van der Waals surface area contributed by atoms with Crippen molar-refractivity contribution in [2.24, 2.45) is 4.99 Å². The van der Waals surface area contributed by atoms with Crippen molar-refractivity contribution >= 4 is 11.9 Å². The average molecular weight is 260 g/mol. The maximum atomic E-state index is 11.6. The molecule has 1 aliphatic rings. The van der Waals surface area contributed by atoms with Crippen molar-refractivity contribution < 1.29 is 14.3 Å². The van der Waals surface area contributed by atoms with Crippen LogP contribution in [0.1, 0.15) is 12.5 Å². The molecule has 19 heavy (non-hydrogen) atoms. The van der Waals surface area contributed by atoms with Gasteiger partial charge in [-0.1, -0.05) is 0 Å². The van der Waals surface area contributed by atoms with E-state index >= 15 is 0 Å². The molecule has 0 aliphatic carbocycles. The molecule has 0 unspecified atom stereocenters. The van der Waals surface area contributed by atoms with Gasteiger partial charge in [0.15, 0.2) is 5.70 Å². The van der Waals surface area contributed by atoms with E-state index < -0.39 is 5.97 Å². The van der Waals surface area contributed by atoms with E-state index in [0.717, 1.165) is 11.3 Å². The number of esters is 1. The average Bonchev–Trinajstić information content (AvgIpc) is 2.71. The molecule has 0 N–H and O–H groups in total. The van der Waals surface area contributed by atoms with Gasteiger partial charge >= 0.3 is 5.97 Å². The Morgan fingerprint density at radius 1 is 1.32 bits per heavy atom. The van der Waals surface area contributed by atoms with E-state index in [0.29, 0.717) is 18.2 Å². The summed E-state index contributed by atoms with van der Waals surface area (Å²) in [4.78, 5) is 17.5. The molecule has 0 saturated heterocycles. The third-order valence-corrected chi connectivity index (χ3v) is 2.41. The summed E-state index contributed by atoms with van der Waals surface area (Å²) < 4.78 is 10.5. The van der Waals surface area contributed by atoms with Crippen molar-refractivity contribution in [1.82, 2.24) is 4.90 Å². The first-order valence-corrected chi connectivity index (χ1v) is 6.02. The van der Waals surface area contributed by atoms with Gasteiger partial charge < -0.3 is 14.4 Å². The molecule has 0 atom stereocenters. The number of carbonyl (C=O) groups excluding carboxylic acids is 1. The van der Waals surface area contributed by atoms with Gasteiger partial charge in [0.2, 0.25) is 5.90 Å². The highest BCUT2D eigenvalue weighted by Crippen LogP contribution is 2.19. The number of benzene rings is 1. The third-order valence-electron chi connectivity index (χ3n) is 2.41. The van der Waals surface area contributed by atoms with Gasteiger partial charge in [0.1, 0.15) is 5.75 Å². The van der Waals surface area contributed by atoms with Crippen molar-refractivity contribution in [2.75, 3.05) is 20.7 Å². The van der Waals surface area contributed by atoms with Crippen molar-refractivity contribution in [3.05, 3.63) is 41.7 Å². The van der Waals surface area contributed by atoms with Crippen LogP contribution in [-0.4, -0.2) is 37.5 Å². The molecule has 0 saturated carbocycles. The van der Waals surface area contributed by atoms with E-state index in [1.165, 1.54) is 0 Å². The van der Waals surface area contributed by atoms with Crippen molar-refractivity contribution in [3.63, 3.8) is 0 Å². The van der Waals surface area contributed by atoms with Crippen LogP contribution in [0.25, 0.3) is 0 Å². The number of cyclic esters (lactones) is 1. The molecule has 0 amide bonds. The fourth-order valence-corrected chi connectivity index (χ4v) is 1.63. The first kappa shape index (κ1) is 13.1. The molecular weight excluding hydrogens is 244 g/mol. The van der Waals surface area contributed by atoms with Crippen LogP contribution in [0.2, 0.25) is 0 Å². The van der Waals surface area contributed by atoms with E-state index in [-0.39, 0.29) is 0 Å². The van der Waals surface area contributed by atoms with Crippen LogP contribution < -0.4 is 4.74 Å². The molecule has 0 spiro atoms. The fourth-order valence-electron chi connectivity index (χ4n) is 1.63. The summed E-state index contributed by atoms with van der Waals surface area (Å²) in [7, 11) is 3.65. The molecule has 5 nitrogen and oxygen atoms in total. The minimum absolute atomic E-state index is 0.300. The predicted molar refractivity (Wildman–Crippen MR) is 72.0 cm³/mol. The van der Waals surface area contributed by atoms with E-state index in [2.05, 4.69) is 4.99 Å². The monoisotopic (exact) mass is 260 g/mol. The highest BCUT2D eigenvalue weighted by atomic mass is 16.6. The second kappa shape index (κ2) is 5.56. The molecule has 0 aromatic heterocycles. The summed E-state index contributed by atoms with van der Waals surface area (Å²) in [5.74, 6) is 0.666. The van der Waals surface area contributed by atoms with Gasteiger partial charge in [-0.05, 0) is 31.2 Å². The molecule has 1 aromatic carbocycles. The lowest BCUT2D eigenvalue weighted by Gasteiger charge is -2.03. The lowest BCUT2D eigenvalue weighted by atomic mass is 10.2. The Balaban J connectivity index is 2.21. The van der Waals surface area contributed by atoms with Crippen LogP contribution in [-0.2, 0) is 9.53 Å². The Morgan fingerprint density at radius 2 is 2.00 bits per heavy atom. The molecule has 1 aliphatic heterocycles. The maximum Gasteiger partial charge on any atom is 0.365 e. The highest BCUT2D eigenvalue weighted by Gasteiger charge is 2.24. The summed E-state index contributed by atoms with van der Waals surface area (Å²) in [6, 6.07) is 7.27. The summed E-state index contributed by atoms with van der Waals surface area (Å²) in [6.45, 7) is 2.54. The maximum absolute atomic E-state index is 11.6. The molecule has 0 radical (unpaired) electrons. The number of hydrogen-bond acceptors (Lipinski definition) is 5. The lowest BCUT2D eigenvalue weighted by Crippen LogP contribution is -2.07. The van der Waals surface area contributed by atoms with Gasteiger partial charge in [0, 0.05) is 25.9 Å². The zero-order valence-corrected chi connectivity index (χ0v) is 11.2. The van der Waals surface area contributed by atoms with E-state index in [4.69, 9.17) is 9.47 Å². The molecule has 0 bridgehead atoms. The molecule has 5 heteroatoms. The van der Waals surface area contributed by atoms with E-state index in [1.54, 1.807) is 11.1 Å². The van der Waals surface area contributed by atoms with Gasteiger partial charge in [-0.2, -0.15) is 0 Å². The first-order chi connectivity index (χ1) is 9.10. The number of aliphatic imine (C=N–C) groups is 1. The van der Waals surface area contributed by atoms with Gasteiger partial charge in [0.25, 0.3) is 0 Å². The van der Waals surface area contributed by atoms with Crippen LogP contribution in [0.3, 0.4) is 0 Å². The molecular formula is C14H16N2O3. The number of nitrogens with zero attached hydrogens (tertiary/aromatic N) is 2. The Hall–Kier alpha value is -2.30. The Morgan fingerprint density at radius 3 is 2.58 bits per heavy atom. The normalized spacial score (nSPS) is 16.3. The zero-order valence-electron chi connectivity index (χ0n) is 11.2. The van der Waals surface area contributed by atoms with Crippen LogP contribution in [0, 0.1) is 0 Å². The van der Waals surface area contributed by atoms with Gasteiger partial charge in [-0.3, -0.25) is 0 Å². The lowest BCUT2D eigenvalue weighted by molar-refractivity contribution is -0.130. The molecule has 1 aromatic rings. The molecule has 100 valence electrons. The minimum atomic E-state index is -0.433. The van der Waals surface area contributed by atoms with Crippen LogP contribution in [0.5, 0.6) is 5.75 Å². The summed E-state index contributed by atoms with van der Waals surface area (Å²) in [5.41, 5.74) is 1.05. The Bertz CT molecular complexity index is 530. The van der Waals surface area contributed by atoms with Crippen LogP contribution in [0.15, 0.2) is 41.2 Å². The third kappa shape index (κ3) is 3.13. The summed E-state index contributed by atoms with van der Waals surface area (Å²) in [5, 5.41) is 0. The van der Waals surface area contributed by atoms with E-state index in [9.17, 15) is 4.79 Å². The largest absolute Gasteiger partial charge is 0.494 e. The summed E-state index contributed by atoms with van der Waals surface area (Å²) in [6.07, 6.45) is 1.63. The summed E-state index contributed by atoms with van der Waals surface area (Å²) >= 11 is 0. The van der Waals surface area contributed by atoms with Crippen molar-refractivity contribution in [2.45, 2.75) is 6.92 Å². The number of carbonyl (C=O) groups is 1. The second-order valence-corrected chi connectivity index (χ2v) is 4.24.